The van der Waals surface area contributed by atoms with Gasteiger partial charge in [-0.25, -0.2) is 0 Å². The minimum Gasteiger partial charge on any atom is -0.489 e. The number of nitrogens with zero attached hydrogens (tertiary/aromatic N) is 1. The van der Waals surface area contributed by atoms with Crippen molar-refractivity contribution in [3.05, 3.63) is 143 Å². The van der Waals surface area contributed by atoms with Gasteiger partial charge in [0, 0.05) is 22.2 Å². The van der Waals surface area contributed by atoms with Crippen molar-refractivity contribution in [3.63, 3.8) is 0 Å². The molecule has 3 amide bonds. The summed E-state index contributed by atoms with van der Waals surface area (Å²) in [5.74, 6) is 0.507. The lowest BCUT2D eigenvalue weighted by Gasteiger charge is -2.15. The van der Waals surface area contributed by atoms with E-state index in [0.29, 0.717) is 47.2 Å². The molecule has 0 fully saturated rings. The maximum absolute atomic E-state index is 13.6. The average Bonchev–Trinajstić information content (AvgIpc) is 3.51. The van der Waals surface area contributed by atoms with E-state index in [4.69, 9.17) is 9.26 Å². The van der Waals surface area contributed by atoms with E-state index in [-0.39, 0.29) is 11.6 Å². The van der Waals surface area contributed by atoms with Crippen LogP contribution in [0.2, 0.25) is 0 Å². The molecule has 1 aromatic heterocycles. The third-order valence-electron chi connectivity index (χ3n) is 6.88. The van der Waals surface area contributed by atoms with Gasteiger partial charge in [-0.1, -0.05) is 78.8 Å². The van der Waals surface area contributed by atoms with Crippen LogP contribution in [0.4, 0.5) is 11.5 Å². The minimum absolute atomic E-state index is 0.0589. The third-order valence-corrected chi connectivity index (χ3v) is 8.24. The monoisotopic (exact) mass is 646 g/mol. The Morgan fingerprint density at radius 3 is 2.28 bits per heavy atom. The minimum atomic E-state index is -0.507. The second kappa shape index (κ2) is 16.1. The quantitative estimate of drug-likeness (QED) is 0.0895. The number of carbonyl (C=O) groups is 3. The highest BCUT2D eigenvalue weighted by molar-refractivity contribution is 8.00. The van der Waals surface area contributed by atoms with E-state index in [1.807, 2.05) is 73.7 Å². The number of aromatic nitrogens is 1. The van der Waals surface area contributed by atoms with Gasteiger partial charge in [-0.3, -0.25) is 14.4 Å². The predicted molar refractivity (Wildman–Crippen MR) is 184 cm³/mol. The predicted octanol–water partition coefficient (Wildman–Crippen LogP) is 7.48. The SMILES string of the molecule is CCC(Sc1cccc(NC(=O)/C(=C/c2ccc(OCc3ccccc3)cc2)NC(=O)c2ccccc2)c1)C(=O)Nc1cc(C)on1. The summed E-state index contributed by atoms with van der Waals surface area (Å²) in [4.78, 5) is 40.4. The van der Waals surface area contributed by atoms with Crippen molar-refractivity contribution >= 4 is 47.1 Å². The van der Waals surface area contributed by atoms with Crippen LogP contribution in [0.1, 0.15) is 40.6 Å². The molecule has 0 aliphatic carbocycles. The van der Waals surface area contributed by atoms with Crippen molar-refractivity contribution in [1.82, 2.24) is 10.5 Å². The van der Waals surface area contributed by atoms with Gasteiger partial charge in [0.05, 0.1) is 5.25 Å². The molecule has 238 valence electrons. The molecule has 9 nitrogen and oxygen atoms in total. The lowest BCUT2D eigenvalue weighted by atomic mass is 10.1. The molecule has 4 aromatic carbocycles. The van der Waals surface area contributed by atoms with E-state index in [1.54, 1.807) is 61.5 Å². The molecular formula is C37H34N4O5S. The van der Waals surface area contributed by atoms with E-state index in [9.17, 15) is 14.4 Å². The summed E-state index contributed by atoms with van der Waals surface area (Å²) >= 11 is 1.37. The first-order chi connectivity index (χ1) is 22.9. The van der Waals surface area contributed by atoms with Gasteiger partial charge in [-0.15, -0.1) is 11.8 Å². The maximum Gasteiger partial charge on any atom is 0.272 e. The lowest BCUT2D eigenvalue weighted by molar-refractivity contribution is -0.116. The maximum atomic E-state index is 13.6. The van der Waals surface area contributed by atoms with Crippen LogP contribution in [0, 0.1) is 6.92 Å². The molecular weight excluding hydrogens is 612 g/mol. The van der Waals surface area contributed by atoms with Crippen molar-refractivity contribution in [2.24, 2.45) is 0 Å². The van der Waals surface area contributed by atoms with E-state index >= 15 is 0 Å². The smallest absolute Gasteiger partial charge is 0.272 e. The Morgan fingerprint density at radius 1 is 0.872 bits per heavy atom. The van der Waals surface area contributed by atoms with Crippen LogP contribution in [-0.2, 0) is 16.2 Å². The summed E-state index contributed by atoms with van der Waals surface area (Å²) in [5.41, 5.74) is 2.73. The van der Waals surface area contributed by atoms with Crippen LogP contribution >= 0.6 is 11.8 Å². The molecule has 0 aliphatic rings. The van der Waals surface area contributed by atoms with Crippen LogP contribution in [0.3, 0.4) is 0 Å². The van der Waals surface area contributed by atoms with Crippen LogP contribution in [-0.4, -0.2) is 28.1 Å². The van der Waals surface area contributed by atoms with E-state index in [1.165, 1.54) is 11.8 Å². The van der Waals surface area contributed by atoms with Crippen LogP contribution in [0.25, 0.3) is 6.08 Å². The summed E-state index contributed by atoms with van der Waals surface area (Å²) < 4.78 is 10.9. The number of hydrogen-bond acceptors (Lipinski definition) is 7. The standard InChI is InChI=1S/C37H34N4O5S/c1-3-33(37(44)40-34-21-25(2)46-41-34)47-31-16-10-15-29(23-31)38-36(43)32(39-35(42)28-13-8-5-9-14-28)22-26-17-19-30(20-18-26)45-24-27-11-6-4-7-12-27/h4-23,33H,3,24H2,1-2H3,(H,38,43)(H,39,42)(H,40,41,44)/b32-22-. The molecule has 5 rings (SSSR count). The molecule has 5 aromatic rings. The summed E-state index contributed by atoms with van der Waals surface area (Å²) in [6.07, 6.45) is 2.18. The van der Waals surface area contributed by atoms with Gasteiger partial charge < -0.3 is 25.2 Å². The number of carbonyl (C=O) groups excluding carboxylic acids is 3. The number of rotatable bonds is 13. The van der Waals surface area contributed by atoms with Crippen molar-refractivity contribution < 1.29 is 23.6 Å². The fraction of sp³-hybridized carbons (Fsp3) is 0.135. The molecule has 0 bridgehead atoms. The molecule has 0 spiro atoms. The summed E-state index contributed by atoms with van der Waals surface area (Å²) in [6, 6.07) is 34.6. The Bertz CT molecular complexity index is 1840. The average molecular weight is 647 g/mol. The number of anilines is 2. The van der Waals surface area contributed by atoms with E-state index in [0.717, 1.165) is 10.5 Å². The highest BCUT2D eigenvalue weighted by Crippen LogP contribution is 2.29. The molecule has 0 saturated heterocycles. The van der Waals surface area contributed by atoms with Gasteiger partial charge in [0.15, 0.2) is 5.82 Å². The van der Waals surface area contributed by atoms with Crippen molar-refractivity contribution in [2.75, 3.05) is 10.6 Å². The van der Waals surface area contributed by atoms with E-state index in [2.05, 4.69) is 21.1 Å². The largest absolute Gasteiger partial charge is 0.489 e. The molecule has 1 heterocycles. The van der Waals surface area contributed by atoms with Gasteiger partial charge in [-0.05, 0) is 73.0 Å². The van der Waals surface area contributed by atoms with E-state index < -0.39 is 17.1 Å². The number of thioether (sulfide) groups is 1. The lowest BCUT2D eigenvalue weighted by Crippen LogP contribution is -2.30. The van der Waals surface area contributed by atoms with Crippen LogP contribution < -0.4 is 20.7 Å². The summed E-state index contributed by atoms with van der Waals surface area (Å²) in [5, 5.41) is 11.9. The number of hydrogen-bond donors (Lipinski definition) is 3. The Balaban J connectivity index is 1.30. The zero-order valence-corrected chi connectivity index (χ0v) is 26.8. The topological polar surface area (TPSA) is 123 Å². The normalized spacial score (nSPS) is 11.7. The van der Waals surface area contributed by atoms with Gasteiger partial charge in [0.25, 0.3) is 11.8 Å². The number of aryl methyl sites for hydroxylation is 1. The summed E-state index contributed by atoms with van der Waals surface area (Å²) in [7, 11) is 0. The third kappa shape index (κ3) is 9.69. The fourth-order valence-electron chi connectivity index (χ4n) is 4.47. The first kappa shape index (κ1) is 32.8. The molecule has 3 N–H and O–H groups in total. The van der Waals surface area contributed by atoms with Crippen LogP contribution in [0.5, 0.6) is 5.75 Å². The van der Waals surface area contributed by atoms with Crippen molar-refractivity contribution in [2.45, 2.75) is 37.0 Å². The van der Waals surface area contributed by atoms with Gasteiger partial charge >= 0.3 is 0 Å². The molecule has 1 unspecified atom stereocenters. The van der Waals surface area contributed by atoms with Gasteiger partial charge in [0.2, 0.25) is 5.91 Å². The zero-order valence-electron chi connectivity index (χ0n) is 25.9. The Labute approximate surface area is 277 Å². The van der Waals surface area contributed by atoms with Crippen molar-refractivity contribution in [1.29, 1.82) is 0 Å². The Kier molecular flexibility index (Phi) is 11.2. The van der Waals surface area contributed by atoms with Crippen molar-refractivity contribution in [3.8, 4) is 5.75 Å². The molecule has 47 heavy (non-hydrogen) atoms. The second-order valence-corrected chi connectivity index (χ2v) is 11.8. The first-order valence-electron chi connectivity index (χ1n) is 15.0. The molecule has 0 radical (unpaired) electrons. The molecule has 1 atom stereocenters. The number of nitrogens with one attached hydrogen (secondary N) is 3. The molecule has 10 heteroatoms. The molecule has 0 aliphatic heterocycles. The van der Waals surface area contributed by atoms with Gasteiger partial charge in [0.1, 0.15) is 23.8 Å². The second-order valence-electron chi connectivity index (χ2n) is 10.5. The molecule has 0 saturated carbocycles. The number of benzene rings is 4. The first-order valence-corrected chi connectivity index (χ1v) is 15.9. The highest BCUT2D eigenvalue weighted by atomic mass is 32.2. The highest BCUT2D eigenvalue weighted by Gasteiger charge is 2.20. The Hall–Kier alpha value is -5.61. The van der Waals surface area contributed by atoms with Gasteiger partial charge in [-0.2, -0.15) is 0 Å². The zero-order chi connectivity index (χ0) is 33.0. The van der Waals surface area contributed by atoms with Crippen LogP contribution in [0.15, 0.2) is 130 Å². The fourth-order valence-corrected chi connectivity index (χ4v) is 5.49. The number of ether oxygens (including phenoxy) is 1. The summed E-state index contributed by atoms with van der Waals surface area (Å²) in [6.45, 7) is 4.10. The Morgan fingerprint density at radius 2 is 1.60 bits per heavy atom. The number of amides is 3.